The molecule has 3 amide bonds. The van der Waals surface area contributed by atoms with E-state index in [0.29, 0.717) is 27.4 Å². The molecule has 0 saturated carbocycles. The van der Waals surface area contributed by atoms with Crippen LogP contribution in [0, 0.1) is 0 Å². The first-order valence-corrected chi connectivity index (χ1v) is 13.1. The Hall–Kier alpha value is -3.84. The summed E-state index contributed by atoms with van der Waals surface area (Å²) in [5, 5.41) is 3.45. The maximum atomic E-state index is 14.8. The molecule has 7 nitrogen and oxygen atoms in total. The molecule has 0 radical (unpaired) electrons. The molecule has 0 fully saturated rings. The van der Waals surface area contributed by atoms with Crippen LogP contribution in [0.25, 0.3) is 0 Å². The summed E-state index contributed by atoms with van der Waals surface area (Å²) < 4.78 is 11.3. The van der Waals surface area contributed by atoms with Crippen molar-refractivity contribution in [3.63, 3.8) is 0 Å². The number of imide groups is 1. The van der Waals surface area contributed by atoms with Crippen LogP contribution < -0.4 is 10.2 Å². The molecule has 1 aliphatic rings. The molecular formula is C31H33ClN2O5. The maximum absolute atomic E-state index is 14.8. The zero-order valence-corrected chi connectivity index (χ0v) is 23.7. The molecule has 1 heterocycles. The number of ether oxygens (including phenoxy) is 2. The molecule has 0 aromatic heterocycles. The highest BCUT2D eigenvalue weighted by atomic mass is 35.5. The fourth-order valence-electron chi connectivity index (χ4n) is 4.84. The number of carbonyl (C=O) groups excluding carboxylic acids is 3. The van der Waals surface area contributed by atoms with E-state index in [9.17, 15) is 14.4 Å². The molecule has 2 atom stereocenters. The fourth-order valence-corrected chi connectivity index (χ4v) is 4.97. The summed E-state index contributed by atoms with van der Waals surface area (Å²) in [5.41, 5.74) is -1.08. The van der Waals surface area contributed by atoms with Crippen molar-refractivity contribution in [2.45, 2.75) is 64.2 Å². The number of alkyl carbamates (subject to hydrolysis) is 1. The second-order valence-electron chi connectivity index (χ2n) is 11.4. The molecular weight excluding hydrogens is 516 g/mol. The number of benzene rings is 3. The molecule has 0 aliphatic carbocycles. The second-order valence-corrected chi connectivity index (χ2v) is 11.9. The third-order valence-corrected chi connectivity index (χ3v) is 6.46. The summed E-state index contributed by atoms with van der Waals surface area (Å²) in [6.07, 6.45) is -1.51. The molecule has 0 unspecified atom stereocenters. The number of fused-ring (bicyclic) bond motifs is 1. The predicted octanol–water partition coefficient (Wildman–Crippen LogP) is 7.17. The van der Waals surface area contributed by atoms with Gasteiger partial charge < -0.3 is 14.8 Å². The molecule has 39 heavy (non-hydrogen) atoms. The molecule has 0 bridgehead atoms. The van der Waals surface area contributed by atoms with Crippen molar-refractivity contribution in [1.82, 2.24) is 5.32 Å². The van der Waals surface area contributed by atoms with Crippen LogP contribution in [0.5, 0.6) is 0 Å². The topological polar surface area (TPSA) is 84.9 Å². The van der Waals surface area contributed by atoms with E-state index < -0.39 is 40.8 Å². The molecule has 0 spiro atoms. The van der Waals surface area contributed by atoms with Crippen molar-refractivity contribution >= 4 is 35.4 Å². The van der Waals surface area contributed by atoms with Crippen LogP contribution in [0.1, 0.15) is 64.3 Å². The lowest BCUT2D eigenvalue weighted by atomic mass is 9.67. The van der Waals surface area contributed by atoms with Gasteiger partial charge in [0.25, 0.3) is 5.91 Å². The Morgan fingerprint density at radius 3 is 1.97 bits per heavy atom. The van der Waals surface area contributed by atoms with E-state index in [1.165, 1.54) is 0 Å². The highest BCUT2D eigenvalue weighted by molar-refractivity contribution is 6.30. The molecule has 1 aliphatic heterocycles. The Bertz CT molecular complexity index is 1380. The van der Waals surface area contributed by atoms with E-state index in [1.807, 2.05) is 30.3 Å². The molecule has 204 valence electrons. The predicted molar refractivity (Wildman–Crippen MR) is 151 cm³/mol. The number of anilines is 1. The minimum atomic E-state index is -1.56. The normalized spacial score (nSPS) is 17.8. The van der Waals surface area contributed by atoms with E-state index in [-0.39, 0.29) is 0 Å². The third kappa shape index (κ3) is 5.64. The standard InChI is InChI=1S/C31H33ClN2O5/c1-29(2,3)38-27(36)33-25(20-12-8-7-9-13-20)31(21-16-18-22(32)19-17-21)23-14-10-11-15-24(23)34(26(31)35)28(37)39-30(4,5)6/h7-19,25H,1-6H3,(H,33,36)/t25-,31-/m0/s1. The van der Waals surface area contributed by atoms with Gasteiger partial charge >= 0.3 is 12.2 Å². The summed E-state index contributed by atoms with van der Waals surface area (Å²) >= 11 is 6.25. The van der Waals surface area contributed by atoms with Crippen LogP contribution in [0.15, 0.2) is 78.9 Å². The number of halogens is 1. The lowest BCUT2D eigenvalue weighted by molar-refractivity contribution is -0.122. The lowest BCUT2D eigenvalue weighted by Gasteiger charge is -2.38. The number of para-hydroxylation sites is 1. The number of hydrogen-bond donors (Lipinski definition) is 1. The first-order chi connectivity index (χ1) is 18.2. The lowest BCUT2D eigenvalue weighted by Crippen LogP contribution is -2.53. The first kappa shape index (κ1) is 28.2. The number of nitrogens with zero attached hydrogens (tertiary/aromatic N) is 1. The minimum absolute atomic E-state index is 0.374. The zero-order valence-electron chi connectivity index (χ0n) is 22.9. The van der Waals surface area contributed by atoms with Crippen LogP contribution in [0.3, 0.4) is 0 Å². The van der Waals surface area contributed by atoms with Gasteiger partial charge in [0.2, 0.25) is 0 Å². The Kier molecular flexibility index (Phi) is 7.50. The van der Waals surface area contributed by atoms with Gasteiger partial charge in [-0.1, -0.05) is 72.3 Å². The molecule has 8 heteroatoms. The van der Waals surface area contributed by atoms with Crippen molar-refractivity contribution in [3.8, 4) is 0 Å². The van der Waals surface area contributed by atoms with Crippen molar-refractivity contribution in [2.75, 3.05) is 4.90 Å². The number of carbonyl (C=O) groups is 3. The zero-order chi connectivity index (χ0) is 28.6. The fraction of sp³-hybridized carbons (Fsp3) is 0.323. The molecule has 0 saturated heterocycles. The van der Waals surface area contributed by atoms with Crippen LogP contribution in [0.2, 0.25) is 5.02 Å². The van der Waals surface area contributed by atoms with Crippen LogP contribution >= 0.6 is 11.6 Å². The third-order valence-electron chi connectivity index (χ3n) is 6.21. The van der Waals surface area contributed by atoms with Gasteiger partial charge in [0, 0.05) is 5.02 Å². The maximum Gasteiger partial charge on any atom is 0.421 e. The highest BCUT2D eigenvalue weighted by Gasteiger charge is 2.60. The summed E-state index contributed by atoms with van der Waals surface area (Å²) in [6, 6.07) is 22.1. The number of amides is 3. The van der Waals surface area contributed by atoms with Gasteiger partial charge in [0.05, 0.1) is 11.7 Å². The molecule has 3 aromatic rings. The Morgan fingerprint density at radius 2 is 1.38 bits per heavy atom. The van der Waals surface area contributed by atoms with Crippen LogP contribution in [-0.2, 0) is 19.7 Å². The quantitative estimate of drug-likeness (QED) is 0.373. The van der Waals surface area contributed by atoms with E-state index >= 15 is 0 Å². The number of nitrogens with one attached hydrogen (secondary N) is 1. The SMILES string of the molecule is CC(C)(C)OC(=O)N[C@@H](c1ccccc1)[C@@]1(c2ccc(Cl)cc2)C(=O)N(C(=O)OC(C)(C)C)c2ccccc21. The smallest absolute Gasteiger partial charge is 0.421 e. The summed E-state index contributed by atoms with van der Waals surface area (Å²) in [4.78, 5) is 42.6. The highest BCUT2D eigenvalue weighted by Crippen LogP contribution is 2.53. The Balaban J connectivity index is 2.01. The van der Waals surface area contributed by atoms with Gasteiger partial charge in [-0.05, 0) is 76.4 Å². The molecule has 4 rings (SSSR count). The molecule has 1 N–H and O–H groups in total. The van der Waals surface area contributed by atoms with Crippen LogP contribution in [0.4, 0.5) is 15.3 Å². The van der Waals surface area contributed by atoms with Crippen LogP contribution in [-0.4, -0.2) is 29.3 Å². The van der Waals surface area contributed by atoms with E-state index in [4.69, 9.17) is 21.1 Å². The van der Waals surface area contributed by atoms with E-state index in [2.05, 4.69) is 5.32 Å². The van der Waals surface area contributed by atoms with E-state index in [1.54, 1.807) is 90.1 Å². The number of hydrogen-bond acceptors (Lipinski definition) is 5. The average molecular weight is 549 g/mol. The van der Waals surface area contributed by atoms with Gasteiger partial charge in [-0.25, -0.2) is 14.5 Å². The monoisotopic (exact) mass is 548 g/mol. The summed E-state index contributed by atoms with van der Waals surface area (Å²) in [6.45, 7) is 10.5. The van der Waals surface area contributed by atoms with Crippen molar-refractivity contribution in [2.24, 2.45) is 0 Å². The summed E-state index contributed by atoms with van der Waals surface area (Å²) in [5.74, 6) is -0.565. The van der Waals surface area contributed by atoms with Gasteiger partial charge in [-0.15, -0.1) is 0 Å². The van der Waals surface area contributed by atoms with Crippen molar-refractivity contribution in [3.05, 3.63) is 101 Å². The van der Waals surface area contributed by atoms with Gasteiger partial charge in [-0.3, -0.25) is 4.79 Å². The Morgan fingerprint density at radius 1 is 0.821 bits per heavy atom. The van der Waals surface area contributed by atoms with Gasteiger partial charge in [-0.2, -0.15) is 0 Å². The van der Waals surface area contributed by atoms with Gasteiger partial charge in [0.15, 0.2) is 0 Å². The Labute approximate surface area is 234 Å². The van der Waals surface area contributed by atoms with Gasteiger partial charge in [0.1, 0.15) is 16.6 Å². The second kappa shape index (κ2) is 10.4. The van der Waals surface area contributed by atoms with Crippen molar-refractivity contribution in [1.29, 1.82) is 0 Å². The largest absolute Gasteiger partial charge is 0.444 e. The molecule has 3 aromatic carbocycles. The first-order valence-electron chi connectivity index (χ1n) is 12.7. The van der Waals surface area contributed by atoms with Crippen molar-refractivity contribution < 1.29 is 23.9 Å². The minimum Gasteiger partial charge on any atom is -0.444 e. The average Bonchev–Trinajstić information content (AvgIpc) is 3.10. The van der Waals surface area contributed by atoms with E-state index in [0.717, 1.165) is 4.90 Å². The number of rotatable bonds is 4. The summed E-state index contributed by atoms with van der Waals surface area (Å²) in [7, 11) is 0.